The molecular formula is C18H23ClN6. The maximum atomic E-state index is 6.14. The van der Waals surface area contributed by atoms with Crippen molar-refractivity contribution in [2.45, 2.75) is 13.3 Å². The fraction of sp³-hybridized carbons (Fsp3) is 0.389. The third kappa shape index (κ3) is 4.82. The summed E-state index contributed by atoms with van der Waals surface area (Å²) in [5.41, 5.74) is 9.20. The van der Waals surface area contributed by atoms with Crippen LogP contribution in [0.2, 0.25) is 5.02 Å². The molecule has 25 heavy (non-hydrogen) atoms. The van der Waals surface area contributed by atoms with E-state index in [4.69, 9.17) is 17.3 Å². The van der Waals surface area contributed by atoms with Gasteiger partial charge in [0.1, 0.15) is 0 Å². The third-order valence-corrected chi connectivity index (χ3v) is 4.52. The highest BCUT2D eigenvalue weighted by molar-refractivity contribution is 6.30. The largest absolute Gasteiger partial charge is 0.370 e. The van der Waals surface area contributed by atoms with E-state index in [1.165, 1.54) is 5.69 Å². The molecule has 0 aliphatic carbocycles. The molecule has 1 fully saturated rings. The number of aryl methyl sites for hydroxylation is 1. The van der Waals surface area contributed by atoms with Crippen LogP contribution in [0, 0.1) is 6.92 Å². The number of hydrogen-bond acceptors (Lipinski definition) is 4. The summed E-state index contributed by atoms with van der Waals surface area (Å²) in [6.07, 6.45) is 4.32. The van der Waals surface area contributed by atoms with Crippen LogP contribution >= 0.6 is 11.6 Å². The van der Waals surface area contributed by atoms with E-state index in [1.54, 1.807) is 12.4 Å². The molecule has 0 amide bonds. The monoisotopic (exact) mass is 358 g/mol. The van der Waals surface area contributed by atoms with Crippen LogP contribution in [0.25, 0.3) is 0 Å². The second-order valence-corrected chi connectivity index (χ2v) is 6.53. The smallest absolute Gasteiger partial charge is 0.191 e. The second-order valence-electron chi connectivity index (χ2n) is 6.09. The lowest BCUT2D eigenvalue weighted by atomic mass is 10.2. The number of halogens is 1. The lowest BCUT2D eigenvalue weighted by Crippen LogP contribution is -2.51. The van der Waals surface area contributed by atoms with Gasteiger partial charge in [0.2, 0.25) is 0 Å². The van der Waals surface area contributed by atoms with E-state index in [1.807, 2.05) is 19.1 Å². The molecule has 3 rings (SSSR count). The molecule has 0 bridgehead atoms. The predicted molar refractivity (Wildman–Crippen MR) is 102 cm³/mol. The Labute approximate surface area is 153 Å². The van der Waals surface area contributed by atoms with E-state index >= 15 is 0 Å². The molecule has 0 radical (unpaired) electrons. The van der Waals surface area contributed by atoms with Crippen LogP contribution in [0.4, 0.5) is 5.69 Å². The van der Waals surface area contributed by atoms with Crippen LogP contribution in [0.5, 0.6) is 0 Å². The van der Waals surface area contributed by atoms with E-state index < -0.39 is 0 Å². The van der Waals surface area contributed by atoms with Gasteiger partial charge in [0.15, 0.2) is 5.96 Å². The molecule has 2 heterocycles. The maximum Gasteiger partial charge on any atom is 0.191 e. The van der Waals surface area contributed by atoms with Crippen LogP contribution in [0.15, 0.2) is 41.7 Å². The van der Waals surface area contributed by atoms with Crippen LogP contribution in [-0.4, -0.2) is 53.6 Å². The number of aliphatic imine (C=N–C) groups is 1. The first kappa shape index (κ1) is 17.5. The number of benzene rings is 1. The zero-order valence-corrected chi connectivity index (χ0v) is 15.2. The van der Waals surface area contributed by atoms with Gasteiger partial charge in [-0.25, -0.2) is 0 Å². The van der Waals surface area contributed by atoms with E-state index in [0.717, 1.165) is 49.0 Å². The van der Waals surface area contributed by atoms with Gasteiger partial charge in [-0.3, -0.25) is 15.0 Å². The van der Waals surface area contributed by atoms with Crippen molar-refractivity contribution in [1.29, 1.82) is 0 Å². The average Bonchev–Trinajstić information content (AvgIpc) is 2.64. The van der Waals surface area contributed by atoms with Crippen LogP contribution in [0.1, 0.15) is 11.4 Å². The van der Waals surface area contributed by atoms with Crippen molar-refractivity contribution < 1.29 is 0 Å². The number of aromatic nitrogens is 2. The predicted octanol–water partition coefficient (Wildman–Crippen LogP) is 2.12. The molecule has 1 aliphatic rings. The standard InChI is InChI=1S/C18H23ClN6/c1-14-12-23-16(13-22-14)6-7-21-18(20)25-10-8-24(9-11-25)17-4-2-15(19)3-5-17/h2-5,12-13H,6-11H2,1H3,(H2,20,21). The SMILES string of the molecule is Cc1cnc(CCN=C(N)N2CCN(c3ccc(Cl)cc3)CC2)cn1. The van der Waals surface area contributed by atoms with E-state index in [9.17, 15) is 0 Å². The molecule has 0 atom stereocenters. The van der Waals surface area contributed by atoms with E-state index in [-0.39, 0.29) is 0 Å². The summed E-state index contributed by atoms with van der Waals surface area (Å²) in [5, 5.41) is 0.761. The summed E-state index contributed by atoms with van der Waals surface area (Å²) >= 11 is 5.95. The Balaban J connectivity index is 1.48. The minimum absolute atomic E-state index is 0.607. The van der Waals surface area contributed by atoms with Crippen molar-refractivity contribution in [1.82, 2.24) is 14.9 Å². The van der Waals surface area contributed by atoms with Crippen molar-refractivity contribution in [2.24, 2.45) is 10.7 Å². The number of guanidine groups is 1. The van der Waals surface area contributed by atoms with Crippen LogP contribution in [0.3, 0.4) is 0 Å². The molecule has 2 aromatic rings. The molecule has 0 unspecified atom stereocenters. The van der Waals surface area contributed by atoms with Crippen molar-refractivity contribution >= 4 is 23.2 Å². The molecule has 7 heteroatoms. The molecule has 1 saturated heterocycles. The average molecular weight is 359 g/mol. The number of hydrogen-bond donors (Lipinski definition) is 1. The van der Waals surface area contributed by atoms with Gasteiger partial charge in [0.05, 0.1) is 11.4 Å². The molecule has 6 nitrogen and oxygen atoms in total. The van der Waals surface area contributed by atoms with Gasteiger partial charge < -0.3 is 15.5 Å². The lowest BCUT2D eigenvalue weighted by molar-refractivity contribution is 0.381. The first-order chi connectivity index (χ1) is 12.1. The molecule has 0 saturated carbocycles. The number of rotatable bonds is 4. The first-order valence-electron chi connectivity index (χ1n) is 8.45. The van der Waals surface area contributed by atoms with Crippen molar-refractivity contribution in [3.05, 3.63) is 53.1 Å². The van der Waals surface area contributed by atoms with Crippen molar-refractivity contribution in [3.63, 3.8) is 0 Å². The fourth-order valence-electron chi connectivity index (χ4n) is 2.78. The normalized spacial score (nSPS) is 15.5. The van der Waals surface area contributed by atoms with Gasteiger partial charge in [-0.2, -0.15) is 0 Å². The van der Waals surface area contributed by atoms with Gasteiger partial charge in [-0.05, 0) is 31.2 Å². The first-order valence-corrected chi connectivity index (χ1v) is 8.82. The number of anilines is 1. The lowest BCUT2D eigenvalue weighted by Gasteiger charge is -2.36. The Morgan fingerprint density at radius 3 is 2.48 bits per heavy atom. The summed E-state index contributed by atoms with van der Waals surface area (Å²) in [6.45, 7) is 6.12. The molecular weight excluding hydrogens is 336 g/mol. The quantitative estimate of drug-likeness (QED) is 0.669. The summed E-state index contributed by atoms with van der Waals surface area (Å²) < 4.78 is 0. The second kappa shape index (κ2) is 8.16. The highest BCUT2D eigenvalue weighted by Gasteiger charge is 2.18. The van der Waals surface area contributed by atoms with Gasteiger partial charge in [-0.1, -0.05) is 11.6 Å². The molecule has 1 aromatic heterocycles. The van der Waals surface area contributed by atoms with E-state index in [2.05, 4.69) is 36.9 Å². The Morgan fingerprint density at radius 1 is 1.12 bits per heavy atom. The van der Waals surface area contributed by atoms with Gasteiger partial charge in [0.25, 0.3) is 0 Å². The molecule has 2 N–H and O–H groups in total. The topological polar surface area (TPSA) is 70.6 Å². The van der Waals surface area contributed by atoms with Crippen LogP contribution < -0.4 is 10.6 Å². The molecule has 1 aromatic carbocycles. The highest BCUT2D eigenvalue weighted by atomic mass is 35.5. The molecule has 132 valence electrons. The summed E-state index contributed by atoms with van der Waals surface area (Å²) in [5.74, 6) is 0.607. The van der Waals surface area contributed by atoms with Crippen molar-refractivity contribution in [2.75, 3.05) is 37.6 Å². The van der Waals surface area contributed by atoms with Gasteiger partial charge >= 0.3 is 0 Å². The highest BCUT2D eigenvalue weighted by Crippen LogP contribution is 2.19. The minimum atomic E-state index is 0.607. The minimum Gasteiger partial charge on any atom is -0.370 e. The molecule has 1 aliphatic heterocycles. The number of nitrogens with two attached hydrogens (primary N) is 1. The zero-order chi connectivity index (χ0) is 17.6. The summed E-state index contributed by atoms with van der Waals surface area (Å²) in [7, 11) is 0. The summed E-state index contributed by atoms with van der Waals surface area (Å²) in [6, 6.07) is 7.95. The third-order valence-electron chi connectivity index (χ3n) is 4.27. The Morgan fingerprint density at radius 2 is 1.84 bits per heavy atom. The van der Waals surface area contributed by atoms with Crippen molar-refractivity contribution in [3.8, 4) is 0 Å². The van der Waals surface area contributed by atoms with Gasteiger partial charge in [-0.15, -0.1) is 0 Å². The Bertz CT molecular complexity index is 705. The Kier molecular flexibility index (Phi) is 5.71. The fourth-order valence-corrected chi connectivity index (χ4v) is 2.91. The molecule has 0 spiro atoms. The van der Waals surface area contributed by atoms with E-state index in [0.29, 0.717) is 12.5 Å². The van der Waals surface area contributed by atoms with Crippen LogP contribution in [-0.2, 0) is 6.42 Å². The zero-order valence-electron chi connectivity index (χ0n) is 14.4. The maximum absolute atomic E-state index is 6.14. The summed E-state index contributed by atoms with van der Waals surface area (Å²) in [4.78, 5) is 17.5. The number of piperazine rings is 1. The van der Waals surface area contributed by atoms with Gasteiger partial charge in [0, 0.05) is 62.2 Å². The Hall–Kier alpha value is -2.34. The number of nitrogens with zero attached hydrogens (tertiary/aromatic N) is 5.